The van der Waals surface area contributed by atoms with Gasteiger partial charge in [0.05, 0.1) is 22.0 Å². The van der Waals surface area contributed by atoms with Gasteiger partial charge in [-0.25, -0.2) is 8.42 Å². The lowest BCUT2D eigenvalue weighted by molar-refractivity contribution is 0.594. The van der Waals surface area contributed by atoms with Gasteiger partial charge < -0.3 is 16.0 Å². The van der Waals surface area contributed by atoms with E-state index in [0.29, 0.717) is 11.4 Å². The third-order valence-electron chi connectivity index (χ3n) is 4.46. The second-order valence-electron chi connectivity index (χ2n) is 6.12. The highest BCUT2D eigenvalue weighted by Crippen LogP contribution is 2.29. The zero-order valence-corrected chi connectivity index (χ0v) is 16.4. The van der Waals surface area contributed by atoms with Crippen molar-refractivity contribution >= 4 is 39.5 Å². The SMILES string of the molecule is CN(c1ccccc1)S(=O)(=O)c1ccc(N2CCCNCC2)c(N)c1.Cl. The Hall–Kier alpha value is -1.96. The topological polar surface area (TPSA) is 78.7 Å². The monoisotopic (exact) mass is 396 g/mol. The molecule has 2 aromatic carbocycles. The van der Waals surface area contributed by atoms with Crippen LogP contribution in [0.1, 0.15) is 6.42 Å². The number of sulfonamides is 1. The van der Waals surface area contributed by atoms with Gasteiger partial charge in [0.2, 0.25) is 0 Å². The van der Waals surface area contributed by atoms with Gasteiger partial charge in [-0.05, 0) is 43.3 Å². The van der Waals surface area contributed by atoms with Crippen molar-refractivity contribution in [2.24, 2.45) is 0 Å². The van der Waals surface area contributed by atoms with Crippen LogP contribution in [0.15, 0.2) is 53.4 Å². The van der Waals surface area contributed by atoms with Crippen molar-refractivity contribution < 1.29 is 8.42 Å². The molecule has 26 heavy (non-hydrogen) atoms. The van der Waals surface area contributed by atoms with E-state index in [9.17, 15) is 8.42 Å². The first-order valence-corrected chi connectivity index (χ1v) is 9.83. The Morgan fingerprint density at radius 1 is 1.08 bits per heavy atom. The molecular weight excluding hydrogens is 372 g/mol. The molecule has 0 aliphatic carbocycles. The second-order valence-corrected chi connectivity index (χ2v) is 8.09. The molecule has 0 atom stereocenters. The Labute approximate surface area is 161 Å². The number of nitrogens with two attached hydrogens (primary N) is 1. The van der Waals surface area contributed by atoms with E-state index in [1.807, 2.05) is 24.3 Å². The average molecular weight is 397 g/mol. The van der Waals surface area contributed by atoms with Gasteiger partial charge in [-0.1, -0.05) is 18.2 Å². The number of rotatable bonds is 4. The Morgan fingerprint density at radius 3 is 2.50 bits per heavy atom. The van der Waals surface area contributed by atoms with Gasteiger partial charge in [0.1, 0.15) is 0 Å². The van der Waals surface area contributed by atoms with Gasteiger partial charge in [-0.15, -0.1) is 12.4 Å². The van der Waals surface area contributed by atoms with Crippen LogP contribution in [0, 0.1) is 0 Å². The lowest BCUT2D eigenvalue weighted by atomic mass is 10.2. The molecule has 0 amide bonds. The first-order chi connectivity index (χ1) is 12.0. The van der Waals surface area contributed by atoms with Crippen molar-refractivity contribution in [1.82, 2.24) is 5.32 Å². The van der Waals surface area contributed by atoms with Crippen LogP contribution < -0.4 is 20.3 Å². The highest BCUT2D eigenvalue weighted by Gasteiger charge is 2.23. The molecule has 0 radical (unpaired) electrons. The van der Waals surface area contributed by atoms with Crippen LogP contribution in [-0.4, -0.2) is 41.6 Å². The molecule has 1 saturated heterocycles. The molecule has 6 nitrogen and oxygen atoms in total. The fourth-order valence-electron chi connectivity index (χ4n) is 3.00. The van der Waals surface area contributed by atoms with Gasteiger partial charge in [-0.2, -0.15) is 0 Å². The Morgan fingerprint density at radius 2 is 1.81 bits per heavy atom. The van der Waals surface area contributed by atoms with Crippen LogP contribution in [0.5, 0.6) is 0 Å². The molecule has 0 unspecified atom stereocenters. The highest BCUT2D eigenvalue weighted by atomic mass is 35.5. The normalized spacial score (nSPS) is 15.0. The van der Waals surface area contributed by atoms with Crippen LogP contribution in [0.3, 0.4) is 0 Å². The standard InChI is InChI=1S/C18H24N4O2S.ClH/c1-21(15-6-3-2-4-7-15)25(23,24)16-8-9-18(17(19)14-16)22-12-5-10-20-11-13-22;/h2-4,6-9,14,20H,5,10-13,19H2,1H3;1H. The van der Waals surface area contributed by atoms with E-state index in [1.165, 1.54) is 4.31 Å². The third-order valence-corrected chi connectivity index (χ3v) is 6.24. The summed E-state index contributed by atoms with van der Waals surface area (Å²) >= 11 is 0. The number of hydrogen-bond donors (Lipinski definition) is 2. The molecule has 8 heteroatoms. The van der Waals surface area contributed by atoms with E-state index in [0.717, 1.165) is 38.3 Å². The molecule has 2 aromatic rings. The summed E-state index contributed by atoms with van der Waals surface area (Å²) in [6.07, 6.45) is 1.04. The van der Waals surface area contributed by atoms with Crippen LogP contribution in [0.25, 0.3) is 0 Å². The first-order valence-electron chi connectivity index (χ1n) is 8.39. The Bertz CT molecular complexity index is 822. The van der Waals surface area contributed by atoms with Gasteiger partial charge in [0.25, 0.3) is 10.0 Å². The predicted octanol–water partition coefficient (Wildman–Crippen LogP) is 2.32. The number of nitrogens with zero attached hydrogens (tertiary/aromatic N) is 2. The molecule has 142 valence electrons. The third kappa shape index (κ3) is 4.23. The largest absolute Gasteiger partial charge is 0.397 e. The van der Waals surface area contributed by atoms with Crippen molar-refractivity contribution in [3.8, 4) is 0 Å². The van der Waals surface area contributed by atoms with E-state index in [4.69, 9.17) is 5.73 Å². The summed E-state index contributed by atoms with van der Waals surface area (Å²) in [5.41, 5.74) is 8.19. The van der Waals surface area contributed by atoms with Crippen molar-refractivity contribution in [2.45, 2.75) is 11.3 Å². The number of anilines is 3. The summed E-state index contributed by atoms with van der Waals surface area (Å²) < 4.78 is 27.0. The quantitative estimate of drug-likeness (QED) is 0.775. The summed E-state index contributed by atoms with van der Waals surface area (Å²) in [7, 11) is -2.10. The van der Waals surface area contributed by atoms with Crippen LogP contribution >= 0.6 is 12.4 Å². The number of para-hydroxylation sites is 1. The molecule has 1 heterocycles. The minimum atomic E-state index is -3.65. The highest BCUT2D eigenvalue weighted by molar-refractivity contribution is 7.92. The number of hydrogen-bond acceptors (Lipinski definition) is 5. The minimum absolute atomic E-state index is 0. The molecule has 1 aliphatic heterocycles. The minimum Gasteiger partial charge on any atom is -0.397 e. The summed E-state index contributed by atoms with van der Waals surface area (Å²) in [5, 5.41) is 3.35. The van der Waals surface area contributed by atoms with Crippen LogP contribution in [-0.2, 0) is 10.0 Å². The van der Waals surface area contributed by atoms with Gasteiger partial charge in [0.15, 0.2) is 0 Å². The van der Waals surface area contributed by atoms with Crippen molar-refractivity contribution in [3.05, 3.63) is 48.5 Å². The maximum absolute atomic E-state index is 12.9. The molecule has 3 rings (SSSR count). The number of nitrogen functional groups attached to an aromatic ring is 1. The zero-order valence-electron chi connectivity index (χ0n) is 14.8. The molecule has 0 bridgehead atoms. The molecule has 1 aliphatic rings. The van der Waals surface area contributed by atoms with Crippen molar-refractivity contribution in [1.29, 1.82) is 0 Å². The lowest BCUT2D eigenvalue weighted by Gasteiger charge is -2.25. The lowest BCUT2D eigenvalue weighted by Crippen LogP contribution is -2.29. The number of halogens is 1. The predicted molar refractivity (Wildman–Crippen MR) is 110 cm³/mol. The zero-order chi connectivity index (χ0) is 17.9. The maximum Gasteiger partial charge on any atom is 0.264 e. The second kappa shape index (κ2) is 8.62. The van der Waals surface area contributed by atoms with Crippen LogP contribution in [0.2, 0.25) is 0 Å². The Balaban J connectivity index is 0.00000243. The fourth-order valence-corrected chi connectivity index (χ4v) is 4.23. The van der Waals surface area contributed by atoms with Gasteiger partial charge in [0, 0.05) is 26.7 Å². The summed E-state index contributed by atoms with van der Waals surface area (Å²) in [6.45, 7) is 3.66. The van der Waals surface area contributed by atoms with E-state index < -0.39 is 10.0 Å². The first kappa shape index (κ1) is 20.4. The molecule has 0 aromatic heterocycles. The van der Waals surface area contributed by atoms with E-state index in [-0.39, 0.29) is 17.3 Å². The number of benzene rings is 2. The summed E-state index contributed by atoms with van der Waals surface area (Å²) in [4.78, 5) is 2.40. The van der Waals surface area contributed by atoms with Gasteiger partial charge >= 0.3 is 0 Å². The summed E-state index contributed by atoms with van der Waals surface area (Å²) in [5.74, 6) is 0. The molecular formula is C18H25ClN4O2S. The van der Waals surface area contributed by atoms with Gasteiger partial charge in [-0.3, -0.25) is 4.31 Å². The van der Waals surface area contributed by atoms with Crippen LogP contribution in [0.4, 0.5) is 17.1 Å². The Kier molecular flexibility index (Phi) is 6.75. The fraction of sp³-hybridized carbons (Fsp3) is 0.333. The smallest absolute Gasteiger partial charge is 0.264 e. The molecule has 3 N–H and O–H groups in total. The molecule has 0 spiro atoms. The summed E-state index contributed by atoms with van der Waals surface area (Å²) in [6, 6.07) is 14.0. The van der Waals surface area contributed by atoms with E-state index in [1.54, 1.807) is 31.3 Å². The number of nitrogens with one attached hydrogen (secondary N) is 1. The van der Waals surface area contributed by atoms with Crippen molar-refractivity contribution in [3.63, 3.8) is 0 Å². The van der Waals surface area contributed by atoms with E-state index >= 15 is 0 Å². The average Bonchev–Trinajstić information content (AvgIpc) is 2.91. The maximum atomic E-state index is 12.9. The molecule has 0 saturated carbocycles. The van der Waals surface area contributed by atoms with Crippen molar-refractivity contribution in [2.75, 3.05) is 48.2 Å². The molecule has 1 fully saturated rings. The van der Waals surface area contributed by atoms with E-state index in [2.05, 4.69) is 10.2 Å².